The van der Waals surface area contributed by atoms with Crippen molar-refractivity contribution in [3.05, 3.63) is 53.3 Å². The number of allylic oxidation sites excluding steroid dienone is 3. The monoisotopic (exact) mass is 258 g/mol. The molecule has 3 nitrogen and oxygen atoms in total. The second-order valence-electron chi connectivity index (χ2n) is 4.43. The minimum atomic E-state index is -0.455. The van der Waals surface area contributed by atoms with Crippen LogP contribution in [0.1, 0.15) is 24.0 Å². The van der Waals surface area contributed by atoms with Gasteiger partial charge in [-0.15, -0.1) is 0 Å². The maximum Gasteiger partial charge on any atom is 0.373 e. The highest BCUT2D eigenvalue weighted by Crippen LogP contribution is 2.30. The third-order valence-corrected chi connectivity index (χ3v) is 3.30. The molecule has 100 valence electrons. The van der Waals surface area contributed by atoms with Gasteiger partial charge in [0, 0.05) is 0 Å². The summed E-state index contributed by atoms with van der Waals surface area (Å²) in [7, 11) is 2.81. The van der Waals surface area contributed by atoms with Crippen molar-refractivity contribution in [3.63, 3.8) is 0 Å². The predicted octanol–water partition coefficient (Wildman–Crippen LogP) is 3.11. The molecule has 0 N–H and O–H groups in total. The van der Waals surface area contributed by atoms with E-state index in [4.69, 9.17) is 4.74 Å². The zero-order valence-electron chi connectivity index (χ0n) is 11.3. The summed E-state index contributed by atoms with van der Waals surface area (Å²) >= 11 is 0. The molecule has 3 heteroatoms. The molecule has 1 aromatic rings. The molecular weight excluding hydrogens is 240 g/mol. The number of ether oxygens (including phenoxy) is 2. The number of carbonyl (C=O) groups excluding carboxylic acids is 1. The highest BCUT2D eigenvalue weighted by atomic mass is 16.6. The molecule has 0 saturated heterocycles. The van der Waals surface area contributed by atoms with Crippen LogP contribution in [0.3, 0.4) is 0 Å². The Bertz CT molecular complexity index is 527. The summed E-state index contributed by atoms with van der Waals surface area (Å²) in [4.78, 5) is 11.4. The molecule has 1 aliphatic rings. The van der Waals surface area contributed by atoms with Crippen LogP contribution in [0.5, 0.6) is 0 Å². The Kier molecular flexibility index (Phi) is 4.39. The molecule has 2 rings (SSSR count). The van der Waals surface area contributed by atoms with E-state index in [2.05, 4.69) is 22.9 Å². The van der Waals surface area contributed by atoms with Crippen LogP contribution in [0.15, 0.2) is 42.2 Å². The second-order valence-corrected chi connectivity index (χ2v) is 4.43. The highest BCUT2D eigenvalue weighted by molar-refractivity contribution is 5.87. The topological polar surface area (TPSA) is 35.5 Å². The maximum absolute atomic E-state index is 11.4. The summed E-state index contributed by atoms with van der Waals surface area (Å²) in [5, 5.41) is 0. The van der Waals surface area contributed by atoms with Crippen molar-refractivity contribution in [1.29, 1.82) is 0 Å². The number of fused-ring (bicyclic) bond motifs is 1. The number of esters is 1. The molecule has 19 heavy (non-hydrogen) atoms. The van der Waals surface area contributed by atoms with E-state index in [9.17, 15) is 4.79 Å². The lowest BCUT2D eigenvalue weighted by atomic mass is 9.87. The number of carbonyl (C=O) groups is 1. The third kappa shape index (κ3) is 3.05. The van der Waals surface area contributed by atoms with Gasteiger partial charge >= 0.3 is 5.97 Å². The molecule has 0 atom stereocenters. The second kappa shape index (κ2) is 6.23. The van der Waals surface area contributed by atoms with E-state index in [1.807, 2.05) is 12.1 Å². The summed E-state index contributed by atoms with van der Waals surface area (Å²) in [6.45, 7) is 0. The zero-order valence-corrected chi connectivity index (χ0v) is 11.3. The fourth-order valence-electron chi connectivity index (χ4n) is 2.32. The summed E-state index contributed by atoms with van der Waals surface area (Å²) in [6, 6.07) is 8.38. The molecule has 0 unspecified atom stereocenters. The van der Waals surface area contributed by atoms with Crippen molar-refractivity contribution in [2.45, 2.75) is 19.3 Å². The summed E-state index contributed by atoms with van der Waals surface area (Å²) < 4.78 is 9.68. The van der Waals surface area contributed by atoms with E-state index in [0.717, 1.165) is 19.3 Å². The van der Waals surface area contributed by atoms with Crippen LogP contribution >= 0.6 is 0 Å². The number of benzene rings is 1. The van der Waals surface area contributed by atoms with Gasteiger partial charge in [0.1, 0.15) is 0 Å². The first-order valence-corrected chi connectivity index (χ1v) is 6.37. The van der Waals surface area contributed by atoms with Crippen LogP contribution in [0.4, 0.5) is 0 Å². The molecule has 0 saturated carbocycles. The Morgan fingerprint density at radius 3 is 2.68 bits per heavy atom. The maximum atomic E-state index is 11.4. The summed E-state index contributed by atoms with van der Waals surface area (Å²) in [5.74, 6) is -0.235. The molecule has 0 amide bonds. The van der Waals surface area contributed by atoms with Gasteiger partial charge in [-0.25, -0.2) is 4.79 Å². The van der Waals surface area contributed by atoms with Crippen LogP contribution in [0.2, 0.25) is 0 Å². The molecule has 0 heterocycles. The normalized spacial score (nSPS) is 16.9. The smallest absolute Gasteiger partial charge is 0.373 e. The average molecular weight is 258 g/mol. The van der Waals surface area contributed by atoms with Crippen LogP contribution in [-0.4, -0.2) is 20.2 Å². The van der Waals surface area contributed by atoms with Crippen molar-refractivity contribution in [3.8, 4) is 0 Å². The predicted molar refractivity (Wildman–Crippen MR) is 74.5 cm³/mol. The van der Waals surface area contributed by atoms with Crippen LogP contribution in [0, 0.1) is 0 Å². The molecule has 1 aliphatic carbocycles. The van der Waals surface area contributed by atoms with Crippen molar-refractivity contribution in [2.24, 2.45) is 0 Å². The van der Waals surface area contributed by atoms with Crippen LogP contribution < -0.4 is 0 Å². The van der Waals surface area contributed by atoms with E-state index in [1.165, 1.54) is 30.9 Å². The van der Waals surface area contributed by atoms with E-state index in [-0.39, 0.29) is 5.76 Å². The number of aryl methyl sites for hydroxylation is 1. The first kappa shape index (κ1) is 13.4. The summed E-state index contributed by atoms with van der Waals surface area (Å²) in [6.07, 6.45) is 6.91. The zero-order chi connectivity index (χ0) is 13.7. The van der Waals surface area contributed by atoms with Gasteiger partial charge < -0.3 is 9.47 Å². The largest absolute Gasteiger partial charge is 0.490 e. The number of rotatable bonds is 3. The van der Waals surface area contributed by atoms with Gasteiger partial charge in [-0.05, 0) is 42.0 Å². The fraction of sp³-hybridized carbons (Fsp3) is 0.312. The first-order valence-electron chi connectivity index (χ1n) is 6.37. The Hall–Kier alpha value is -2.03. The quantitative estimate of drug-likeness (QED) is 0.475. The minimum absolute atomic E-state index is 0.220. The number of hydrogen-bond donors (Lipinski definition) is 0. The Balaban J connectivity index is 2.30. The van der Waals surface area contributed by atoms with Gasteiger partial charge in [0.15, 0.2) is 0 Å². The van der Waals surface area contributed by atoms with Gasteiger partial charge in [0.05, 0.1) is 14.2 Å². The van der Waals surface area contributed by atoms with Crippen molar-refractivity contribution in [2.75, 3.05) is 14.2 Å². The van der Waals surface area contributed by atoms with Crippen LogP contribution in [-0.2, 0) is 20.7 Å². The van der Waals surface area contributed by atoms with Gasteiger partial charge in [-0.1, -0.05) is 30.3 Å². The molecule has 0 radical (unpaired) electrons. The van der Waals surface area contributed by atoms with E-state index >= 15 is 0 Å². The number of methoxy groups -OCH3 is 2. The standard InChI is InChI=1S/C16H18O3/c1-18-15(16(17)19-2)11-10-13-8-5-7-12-6-3-4-9-14(12)13/h3-4,6,9-11H,5,7-8H2,1-2H3. The van der Waals surface area contributed by atoms with Gasteiger partial charge in [0.2, 0.25) is 5.76 Å². The van der Waals surface area contributed by atoms with Gasteiger partial charge in [-0.2, -0.15) is 0 Å². The molecule has 1 aromatic carbocycles. The van der Waals surface area contributed by atoms with Crippen LogP contribution in [0.25, 0.3) is 5.57 Å². The minimum Gasteiger partial charge on any atom is -0.490 e. The summed E-state index contributed by atoms with van der Waals surface area (Å²) in [5.41, 5.74) is 3.87. The highest BCUT2D eigenvalue weighted by Gasteiger charge is 2.13. The van der Waals surface area contributed by atoms with Crippen molar-refractivity contribution >= 4 is 11.5 Å². The Labute approximate surface area is 113 Å². The molecule has 0 fully saturated rings. The molecular formula is C16H18O3. The fourth-order valence-corrected chi connectivity index (χ4v) is 2.32. The first-order chi connectivity index (χ1) is 9.26. The third-order valence-electron chi connectivity index (χ3n) is 3.30. The lowest BCUT2D eigenvalue weighted by Crippen LogP contribution is -2.06. The average Bonchev–Trinajstić information content (AvgIpc) is 2.47. The lowest BCUT2D eigenvalue weighted by Gasteiger charge is -2.18. The van der Waals surface area contributed by atoms with Crippen molar-refractivity contribution < 1.29 is 14.3 Å². The molecule has 0 aromatic heterocycles. The lowest BCUT2D eigenvalue weighted by molar-refractivity contribution is -0.139. The Morgan fingerprint density at radius 1 is 1.16 bits per heavy atom. The van der Waals surface area contributed by atoms with E-state index in [0.29, 0.717) is 0 Å². The SMILES string of the molecule is COC(=O)C(=CC=C1CCCc2ccccc21)OC. The van der Waals surface area contributed by atoms with E-state index in [1.54, 1.807) is 6.08 Å². The Morgan fingerprint density at radius 2 is 1.95 bits per heavy atom. The van der Waals surface area contributed by atoms with E-state index < -0.39 is 5.97 Å². The number of hydrogen-bond acceptors (Lipinski definition) is 3. The van der Waals surface area contributed by atoms with Gasteiger partial charge in [0.25, 0.3) is 0 Å². The van der Waals surface area contributed by atoms with Gasteiger partial charge in [-0.3, -0.25) is 0 Å². The van der Waals surface area contributed by atoms with Crippen molar-refractivity contribution in [1.82, 2.24) is 0 Å². The molecule has 0 aliphatic heterocycles. The molecule has 0 spiro atoms. The molecule has 0 bridgehead atoms.